The highest BCUT2D eigenvalue weighted by Crippen LogP contribution is 2.25. The van der Waals surface area contributed by atoms with Gasteiger partial charge in [0.05, 0.1) is 29.2 Å². The maximum absolute atomic E-state index is 13.7. The van der Waals surface area contributed by atoms with Crippen molar-refractivity contribution in [2.45, 2.75) is 26.5 Å². The van der Waals surface area contributed by atoms with E-state index in [1.807, 2.05) is 61.2 Å². The van der Waals surface area contributed by atoms with Gasteiger partial charge in [-0.1, -0.05) is 35.9 Å². The SMILES string of the molecule is CC(C)Oc1ccccc1-n1c(CN2CCN(C(=O)c3ccc(Cl)cc3)CC2)nc2ccccc2c1=O. The van der Waals surface area contributed by atoms with Crippen molar-refractivity contribution in [3.8, 4) is 11.4 Å². The summed E-state index contributed by atoms with van der Waals surface area (Å²) in [6, 6.07) is 21.9. The zero-order valence-corrected chi connectivity index (χ0v) is 21.7. The highest BCUT2D eigenvalue weighted by atomic mass is 35.5. The van der Waals surface area contributed by atoms with E-state index in [2.05, 4.69) is 4.90 Å². The van der Waals surface area contributed by atoms with Crippen LogP contribution in [0.15, 0.2) is 77.6 Å². The molecule has 0 spiro atoms. The van der Waals surface area contributed by atoms with Gasteiger partial charge in [-0.15, -0.1) is 0 Å². The smallest absolute Gasteiger partial charge is 0.266 e. The number of hydrogen-bond donors (Lipinski definition) is 0. The summed E-state index contributed by atoms with van der Waals surface area (Å²) >= 11 is 5.97. The Morgan fingerprint density at radius 2 is 1.62 bits per heavy atom. The lowest BCUT2D eigenvalue weighted by molar-refractivity contribution is 0.0624. The summed E-state index contributed by atoms with van der Waals surface area (Å²) in [5.41, 5.74) is 1.84. The second-order valence-corrected chi connectivity index (χ2v) is 9.83. The van der Waals surface area contributed by atoms with Crippen molar-refractivity contribution < 1.29 is 9.53 Å². The number of ether oxygens (including phenoxy) is 1. The monoisotopic (exact) mass is 516 g/mol. The maximum atomic E-state index is 13.7. The first-order valence-corrected chi connectivity index (χ1v) is 12.8. The molecule has 1 aliphatic rings. The molecule has 190 valence electrons. The van der Waals surface area contributed by atoms with Crippen LogP contribution in [0.3, 0.4) is 0 Å². The van der Waals surface area contributed by atoms with Gasteiger partial charge in [-0.2, -0.15) is 0 Å². The lowest BCUT2D eigenvalue weighted by atomic mass is 10.2. The van der Waals surface area contributed by atoms with Gasteiger partial charge in [0, 0.05) is 36.8 Å². The first-order chi connectivity index (χ1) is 17.9. The number of rotatable bonds is 6. The number of amides is 1. The number of benzene rings is 3. The summed E-state index contributed by atoms with van der Waals surface area (Å²) in [4.78, 5) is 35.7. The van der Waals surface area contributed by atoms with E-state index in [0.29, 0.717) is 71.5 Å². The van der Waals surface area contributed by atoms with Gasteiger partial charge in [0.15, 0.2) is 0 Å². The molecule has 4 aromatic rings. The molecule has 1 saturated heterocycles. The second-order valence-electron chi connectivity index (χ2n) is 9.40. The summed E-state index contributed by atoms with van der Waals surface area (Å²) < 4.78 is 7.72. The molecule has 1 amide bonds. The third kappa shape index (κ3) is 5.38. The third-order valence-corrected chi connectivity index (χ3v) is 6.68. The standard InChI is InChI=1S/C29H29ClN4O3/c1-20(2)37-26-10-6-5-9-25(26)34-27(31-24-8-4-3-7-23(24)29(34)36)19-32-15-17-33(18-16-32)28(35)21-11-13-22(30)14-12-21/h3-14,20H,15-19H2,1-2H3. The van der Waals surface area contributed by atoms with Gasteiger partial charge in [-0.05, 0) is 62.4 Å². The second kappa shape index (κ2) is 10.7. The van der Waals surface area contributed by atoms with E-state index < -0.39 is 0 Å². The molecular formula is C29H29ClN4O3. The van der Waals surface area contributed by atoms with E-state index in [1.54, 1.807) is 34.9 Å². The molecule has 0 atom stereocenters. The molecule has 3 aromatic carbocycles. The molecule has 0 saturated carbocycles. The largest absolute Gasteiger partial charge is 0.489 e. The van der Waals surface area contributed by atoms with Crippen LogP contribution in [0.2, 0.25) is 5.02 Å². The number of carbonyl (C=O) groups is 1. The molecule has 2 heterocycles. The number of carbonyl (C=O) groups excluding carboxylic acids is 1. The minimum atomic E-state index is -0.128. The van der Waals surface area contributed by atoms with Gasteiger partial charge in [0.25, 0.3) is 11.5 Å². The topological polar surface area (TPSA) is 67.7 Å². The predicted molar refractivity (Wildman–Crippen MR) is 146 cm³/mol. The number of piperazine rings is 1. The van der Waals surface area contributed by atoms with E-state index in [9.17, 15) is 9.59 Å². The van der Waals surface area contributed by atoms with Gasteiger partial charge in [-0.3, -0.25) is 19.1 Å². The Morgan fingerprint density at radius 3 is 2.35 bits per heavy atom. The average molecular weight is 517 g/mol. The Morgan fingerprint density at radius 1 is 0.946 bits per heavy atom. The third-order valence-electron chi connectivity index (χ3n) is 6.43. The Balaban J connectivity index is 1.43. The molecule has 0 aliphatic carbocycles. The predicted octanol–water partition coefficient (Wildman–Crippen LogP) is 4.78. The van der Waals surface area contributed by atoms with E-state index in [4.69, 9.17) is 21.3 Å². The Kier molecular flexibility index (Phi) is 7.26. The molecule has 37 heavy (non-hydrogen) atoms. The van der Waals surface area contributed by atoms with Crippen LogP contribution >= 0.6 is 11.6 Å². The van der Waals surface area contributed by atoms with Gasteiger partial charge in [-0.25, -0.2) is 4.98 Å². The first-order valence-electron chi connectivity index (χ1n) is 12.4. The van der Waals surface area contributed by atoms with Crippen molar-refractivity contribution in [1.82, 2.24) is 19.4 Å². The molecule has 0 N–H and O–H groups in total. The molecule has 0 radical (unpaired) electrons. The molecule has 1 aromatic heterocycles. The van der Waals surface area contributed by atoms with Crippen LogP contribution in [0.25, 0.3) is 16.6 Å². The van der Waals surface area contributed by atoms with Crippen molar-refractivity contribution in [3.63, 3.8) is 0 Å². The van der Waals surface area contributed by atoms with Gasteiger partial charge >= 0.3 is 0 Å². The minimum Gasteiger partial charge on any atom is -0.489 e. The van der Waals surface area contributed by atoms with Crippen LogP contribution in [0.5, 0.6) is 5.75 Å². The molecule has 5 rings (SSSR count). The zero-order chi connectivity index (χ0) is 25.9. The average Bonchev–Trinajstić information content (AvgIpc) is 2.90. The van der Waals surface area contributed by atoms with Crippen molar-refractivity contribution in [2.75, 3.05) is 26.2 Å². The molecular weight excluding hydrogens is 488 g/mol. The van der Waals surface area contributed by atoms with E-state index in [0.717, 1.165) is 0 Å². The summed E-state index contributed by atoms with van der Waals surface area (Å²) in [7, 11) is 0. The number of hydrogen-bond acceptors (Lipinski definition) is 5. The fraction of sp³-hybridized carbons (Fsp3) is 0.276. The molecule has 0 unspecified atom stereocenters. The number of para-hydroxylation sites is 3. The lowest BCUT2D eigenvalue weighted by Gasteiger charge is -2.35. The summed E-state index contributed by atoms with van der Waals surface area (Å²) in [6.07, 6.45) is -0.0417. The molecule has 1 aliphatic heterocycles. The number of nitrogens with zero attached hydrogens (tertiary/aromatic N) is 4. The van der Waals surface area contributed by atoms with Gasteiger partial charge in [0.1, 0.15) is 11.6 Å². The minimum absolute atomic E-state index is 0.00295. The maximum Gasteiger partial charge on any atom is 0.266 e. The van der Waals surface area contributed by atoms with Crippen molar-refractivity contribution in [3.05, 3.63) is 99.6 Å². The fourth-order valence-corrected chi connectivity index (χ4v) is 4.74. The number of aromatic nitrogens is 2. The Bertz CT molecular complexity index is 1480. The Labute approximate surface area is 220 Å². The fourth-order valence-electron chi connectivity index (χ4n) is 4.61. The Hall–Kier alpha value is -3.68. The summed E-state index contributed by atoms with van der Waals surface area (Å²) in [5, 5.41) is 1.17. The summed E-state index contributed by atoms with van der Waals surface area (Å²) in [6.45, 7) is 6.92. The van der Waals surface area contributed by atoms with Crippen LogP contribution in [0.4, 0.5) is 0 Å². The highest BCUT2D eigenvalue weighted by Gasteiger charge is 2.24. The number of fused-ring (bicyclic) bond motifs is 1. The van der Waals surface area contributed by atoms with Gasteiger partial charge < -0.3 is 9.64 Å². The number of halogens is 1. The summed E-state index contributed by atoms with van der Waals surface area (Å²) in [5.74, 6) is 1.27. The highest BCUT2D eigenvalue weighted by molar-refractivity contribution is 6.30. The van der Waals surface area contributed by atoms with Crippen LogP contribution in [0.1, 0.15) is 30.0 Å². The lowest BCUT2D eigenvalue weighted by Crippen LogP contribution is -2.48. The quantitative estimate of drug-likeness (QED) is 0.369. The molecule has 1 fully saturated rings. The van der Waals surface area contributed by atoms with E-state index in [1.165, 1.54) is 0 Å². The van der Waals surface area contributed by atoms with Crippen molar-refractivity contribution in [1.29, 1.82) is 0 Å². The van der Waals surface area contributed by atoms with Crippen molar-refractivity contribution in [2.24, 2.45) is 0 Å². The van der Waals surface area contributed by atoms with E-state index in [-0.39, 0.29) is 17.6 Å². The molecule has 0 bridgehead atoms. The van der Waals surface area contributed by atoms with Crippen LogP contribution < -0.4 is 10.3 Å². The molecule has 7 nitrogen and oxygen atoms in total. The van der Waals surface area contributed by atoms with Crippen LogP contribution in [0, 0.1) is 0 Å². The van der Waals surface area contributed by atoms with Crippen molar-refractivity contribution >= 4 is 28.4 Å². The van der Waals surface area contributed by atoms with Gasteiger partial charge in [0.2, 0.25) is 0 Å². The zero-order valence-electron chi connectivity index (χ0n) is 20.9. The first kappa shape index (κ1) is 25.0. The van der Waals surface area contributed by atoms with E-state index >= 15 is 0 Å². The van der Waals surface area contributed by atoms with Crippen LogP contribution in [-0.2, 0) is 6.54 Å². The van der Waals surface area contributed by atoms with Crippen LogP contribution in [-0.4, -0.2) is 57.5 Å². The normalized spacial score (nSPS) is 14.3. The molecule has 8 heteroatoms.